The highest BCUT2D eigenvalue weighted by Crippen LogP contribution is 2.34. The van der Waals surface area contributed by atoms with Gasteiger partial charge in [0, 0.05) is 55.1 Å². The molecule has 0 fully saturated rings. The molecule has 0 bridgehead atoms. The molecule has 51 heavy (non-hydrogen) atoms. The van der Waals surface area contributed by atoms with Gasteiger partial charge in [-0.1, -0.05) is 26.0 Å². The van der Waals surface area contributed by atoms with Gasteiger partial charge in [-0.3, -0.25) is 20.0 Å². The number of phenols is 2. The van der Waals surface area contributed by atoms with Gasteiger partial charge in [0.2, 0.25) is 5.95 Å². The number of benzene rings is 3. The van der Waals surface area contributed by atoms with Crippen LogP contribution < -0.4 is 21.9 Å². The molecular weight excluding hydrogens is 650 g/mol. The third kappa shape index (κ3) is 6.84. The number of phenolic OH excluding ortho intramolecular Hbond substituents is 2. The maximum Gasteiger partial charge on any atom is 0.325 e. The topological polar surface area (TPSA) is 223 Å². The van der Waals surface area contributed by atoms with Crippen LogP contribution in [0.4, 0.5) is 16.4 Å². The minimum Gasteiger partial charge on any atom is -0.508 e. The van der Waals surface area contributed by atoms with Crippen molar-refractivity contribution in [3.05, 3.63) is 111 Å². The summed E-state index contributed by atoms with van der Waals surface area (Å²) >= 11 is 0. The van der Waals surface area contributed by atoms with Crippen LogP contribution in [0.2, 0.25) is 0 Å². The molecule has 0 radical (unpaired) electrons. The Bertz CT molecular complexity index is 2350. The number of anilines is 2. The summed E-state index contributed by atoms with van der Waals surface area (Å²) in [6.45, 7) is 4.66. The van der Waals surface area contributed by atoms with Gasteiger partial charge in [0.05, 0.1) is 16.6 Å². The monoisotopic (exact) mass is 689 g/mol. The summed E-state index contributed by atoms with van der Waals surface area (Å²) in [6.07, 6.45) is 4.93. The Morgan fingerprint density at radius 1 is 1.02 bits per heavy atom. The predicted octanol–water partition coefficient (Wildman–Crippen LogP) is 4.79. The van der Waals surface area contributed by atoms with E-state index < -0.39 is 6.03 Å². The normalized spacial score (nSPS) is 11.4. The second kappa shape index (κ2) is 13.7. The Hall–Kier alpha value is -6.57. The number of urea groups is 1. The van der Waals surface area contributed by atoms with E-state index in [0.717, 1.165) is 33.0 Å². The molecule has 262 valence electrons. The van der Waals surface area contributed by atoms with Crippen molar-refractivity contribution in [2.24, 2.45) is 5.73 Å². The second-order valence-corrected chi connectivity index (χ2v) is 12.8. The van der Waals surface area contributed by atoms with Gasteiger partial charge < -0.3 is 36.1 Å². The molecule has 3 heterocycles. The molecule has 0 atom stereocenters. The molecule has 0 saturated carbocycles. The summed E-state index contributed by atoms with van der Waals surface area (Å²) in [5.41, 5.74) is 15.7. The number of H-pyrrole nitrogens is 2. The van der Waals surface area contributed by atoms with Crippen LogP contribution in [0.1, 0.15) is 52.4 Å². The lowest BCUT2D eigenvalue weighted by Crippen LogP contribution is -2.41. The van der Waals surface area contributed by atoms with Crippen molar-refractivity contribution in [1.29, 1.82) is 5.41 Å². The number of amides is 3. The van der Waals surface area contributed by atoms with Gasteiger partial charge in [-0.15, -0.1) is 0 Å². The number of aromatic nitrogens is 4. The van der Waals surface area contributed by atoms with Crippen LogP contribution in [0.5, 0.6) is 11.5 Å². The summed E-state index contributed by atoms with van der Waals surface area (Å²) in [5.74, 6) is -0.933. The second-order valence-electron chi connectivity index (χ2n) is 12.8. The first-order valence-corrected chi connectivity index (χ1v) is 16.4. The zero-order chi connectivity index (χ0) is 36.6. The maximum absolute atomic E-state index is 13.3. The van der Waals surface area contributed by atoms with Gasteiger partial charge in [0.25, 0.3) is 11.5 Å². The first-order valence-electron chi connectivity index (χ1n) is 16.4. The largest absolute Gasteiger partial charge is 0.508 e. The summed E-state index contributed by atoms with van der Waals surface area (Å²) in [4.78, 5) is 50.5. The van der Waals surface area contributed by atoms with Gasteiger partial charge in [0.15, 0.2) is 0 Å². The van der Waals surface area contributed by atoms with Crippen LogP contribution in [-0.4, -0.2) is 66.0 Å². The predicted molar refractivity (Wildman–Crippen MR) is 197 cm³/mol. The van der Waals surface area contributed by atoms with Crippen LogP contribution in [-0.2, 0) is 19.4 Å². The number of rotatable bonds is 10. The van der Waals surface area contributed by atoms with Crippen molar-refractivity contribution >= 4 is 51.3 Å². The van der Waals surface area contributed by atoms with Gasteiger partial charge >= 0.3 is 6.03 Å². The number of carbonyl (C=O) groups excluding carboxylic acids is 2. The van der Waals surface area contributed by atoms with E-state index in [4.69, 9.17) is 16.9 Å². The van der Waals surface area contributed by atoms with Crippen molar-refractivity contribution in [3.63, 3.8) is 0 Å². The fourth-order valence-corrected chi connectivity index (χ4v) is 6.25. The molecule has 6 rings (SSSR count). The van der Waals surface area contributed by atoms with Crippen LogP contribution in [0.3, 0.4) is 0 Å². The number of likely N-dealkylation sites (N-methyl/N-ethyl adjacent to an activating group) is 1. The Balaban J connectivity index is 1.10. The number of nitrogens with one attached hydrogen (secondary N) is 3. The number of carbonyl (C=O) groups is 2. The first kappa shape index (κ1) is 34.3. The Morgan fingerprint density at radius 3 is 2.47 bits per heavy atom. The van der Waals surface area contributed by atoms with Crippen LogP contribution >= 0.6 is 0 Å². The highest BCUT2D eigenvalue weighted by atomic mass is 16.3. The highest BCUT2D eigenvalue weighted by molar-refractivity contribution is 6.22. The Kier molecular flexibility index (Phi) is 9.24. The minimum atomic E-state index is -0.903. The van der Waals surface area contributed by atoms with Crippen molar-refractivity contribution in [3.8, 4) is 11.5 Å². The zero-order valence-electron chi connectivity index (χ0n) is 28.4. The summed E-state index contributed by atoms with van der Waals surface area (Å²) in [6, 6.07) is 16.2. The van der Waals surface area contributed by atoms with Gasteiger partial charge in [-0.2, -0.15) is 4.98 Å². The number of aromatic amines is 2. The molecule has 0 saturated heterocycles. The molecule has 0 spiro atoms. The van der Waals surface area contributed by atoms with E-state index in [1.807, 2.05) is 48.9 Å². The molecular formula is C37H39N9O5. The highest BCUT2D eigenvalue weighted by Gasteiger charge is 2.24. The number of aromatic hydroxyl groups is 2. The van der Waals surface area contributed by atoms with Crippen LogP contribution in [0.25, 0.3) is 21.9 Å². The van der Waals surface area contributed by atoms with Crippen LogP contribution in [0, 0.1) is 5.41 Å². The summed E-state index contributed by atoms with van der Waals surface area (Å²) in [7, 11) is 1.75. The van der Waals surface area contributed by atoms with Gasteiger partial charge in [-0.05, 0) is 77.9 Å². The SMILES string of the molecule is CC(C)c1cc(C(=N)N(C(N)=O)c2ccc3c(ccn3CCN(C)C(=O)c3ccc(CCc4c[nH]c5nc(N)[nH]c(=O)c45)cc3)c2)c(O)cc1O. The smallest absolute Gasteiger partial charge is 0.325 e. The maximum atomic E-state index is 13.3. The lowest BCUT2D eigenvalue weighted by molar-refractivity contribution is 0.0790. The molecule has 0 aliphatic heterocycles. The van der Waals surface area contributed by atoms with Crippen LogP contribution in [0.15, 0.2) is 77.9 Å². The van der Waals surface area contributed by atoms with E-state index in [9.17, 15) is 24.6 Å². The Labute approximate surface area is 292 Å². The minimum absolute atomic E-state index is 0.0580. The number of nitrogens with two attached hydrogens (primary N) is 2. The number of fused-ring (bicyclic) bond motifs is 2. The fourth-order valence-electron chi connectivity index (χ4n) is 6.25. The molecule has 3 aromatic carbocycles. The molecule has 3 aromatic heterocycles. The van der Waals surface area contributed by atoms with Gasteiger partial charge in [0.1, 0.15) is 23.0 Å². The van der Waals surface area contributed by atoms with E-state index in [1.165, 1.54) is 6.07 Å². The third-order valence-electron chi connectivity index (χ3n) is 9.03. The standard InChI is InChI=1S/C37H39N9O5/c1-20(2)26-17-27(30(48)18-29(26)47)32(38)46(37(40)51)25-10-11-28-23(16-25)12-13-45(28)15-14-44(3)35(50)22-7-4-21(5-8-22)6-9-24-19-41-33-31(24)34(49)43-36(39)42-33/h4-5,7-8,10-13,16-20,38,47-48H,6,9,14-15H2,1-3H3,(H2,40,51)(H4,39,41,42,43,49). The number of hydrogen-bond donors (Lipinski definition) is 7. The molecule has 14 heteroatoms. The number of primary amides is 1. The molecule has 3 amide bonds. The molecule has 0 aliphatic carbocycles. The fraction of sp³-hybridized carbons (Fsp3) is 0.216. The number of nitrogens with zero attached hydrogens (tertiary/aromatic N) is 4. The van der Waals surface area contributed by atoms with E-state index in [0.29, 0.717) is 53.8 Å². The average Bonchev–Trinajstić information content (AvgIpc) is 3.69. The lowest BCUT2D eigenvalue weighted by Gasteiger charge is -2.23. The van der Waals surface area contributed by atoms with E-state index in [-0.39, 0.29) is 46.2 Å². The average molecular weight is 690 g/mol. The molecule has 0 unspecified atom stereocenters. The number of aryl methyl sites for hydroxylation is 2. The number of amidine groups is 1. The summed E-state index contributed by atoms with van der Waals surface area (Å²) in [5, 5.41) is 30.8. The summed E-state index contributed by atoms with van der Waals surface area (Å²) < 4.78 is 1.99. The number of nitrogen functional groups attached to an aromatic ring is 1. The van der Waals surface area contributed by atoms with Crippen molar-refractivity contribution < 1.29 is 19.8 Å². The first-order chi connectivity index (χ1) is 24.3. The van der Waals surface area contributed by atoms with Crippen molar-refractivity contribution in [1.82, 2.24) is 24.4 Å². The lowest BCUT2D eigenvalue weighted by atomic mass is 9.98. The van der Waals surface area contributed by atoms with Crippen molar-refractivity contribution in [2.75, 3.05) is 24.2 Å². The molecule has 9 N–H and O–H groups in total. The quantitative estimate of drug-likeness (QED) is 0.0786. The molecule has 0 aliphatic rings. The Morgan fingerprint density at radius 2 is 1.76 bits per heavy atom. The number of hydrogen-bond acceptors (Lipinski definition) is 8. The molecule has 14 nitrogen and oxygen atoms in total. The van der Waals surface area contributed by atoms with E-state index in [2.05, 4.69) is 15.0 Å². The third-order valence-corrected chi connectivity index (χ3v) is 9.03. The van der Waals surface area contributed by atoms with E-state index >= 15 is 0 Å². The van der Waals surface area contributed by atoms with Crippen molar-refractivity contribution in [2.45, 2.75) is 39.2 Å². The zero-order valence-corrected chi connectivity index (χ0v) is 28.4. The van der Waals surface area contributed by atoms with E-state index in [1.54, 1.807) is 42.4 Å². The van der Waals surface area contributed by atoms with Gasteiger partial charge in [-0.25, -0.2) is 9.69 Å². The molecule has 6 aromatic rings.